The van der Waals surface area contributed by atoms with Gasteiger partial charge in [-0.15, -0.1) is 11.6 Å². The van der Waals surface area contributed by atoms with Crippen LogP contribution < -0.4 is 0 Å². The summed E-state index contributed by atoms with van der Waals surface area (Å²) in [6.07, 6.45) is 1.91. The number of nitrogens with zero attached hydrogens (tertiary/aromatic N) is 1. The first kappa shape index (κ1) is 11.9. The van der Waals surface area contributed by atoms with E-state index in [2.05, 4.69) is 20.9 Å². The lowest BCUT2D eigenvalue weighted by Gasteiger charge is -2.01. The van der Waals surface area contributed by atoms with Gasteiger partial charge in [0.05, 0.1) is 5.75 Å². The third-order valence-electron chi connectivity index (χ3n) is 1.57. The quantitative estimate of drug-likeness (QED) is 0.801. The molecule has 0 spiro atoms. The van der Waals surface area contributed by atoms with Gasteiger partial charge in [0.1, 0.15) is 0 Å². The normalized spacial score (nSPS) is 11.6. The number of hydrogen-bond acceptors (Lipinski definition) is 3. The highest BCUT2D eigenvalue weighted by molar-refractivity contribution is 9.10. The summed E-state index contributed by atoms with van der Waals surface area (Å²) < 4.78 is 23.9. The fraction of sp³-hybridized carbons (Fsp3) is 0.375. The largest absolute Gasteiger partial charge is 0.244 e. The molecule has 0 atom stereocenters. The predicted molar refractivity (Wildman–Crippen MR) is 59.3 cm³/mol. The monoisotopic (exact) mass is 297 g/mol. The van der Waals surface area contributed by atoms with E-state index in [1.165, 1.54) is 12.3 Å². The van der Waals surface area contributed by atoms with Crippen LogP contribution in [0.5, 0.6) is 0 Å². The summed E-state index contributed by atoms with van der Waals surface area (Å²) in [6, 6.07) is 3.13. The molecule has 0 saturated heterocycles. The molecule has 0 radical (unpaired) electrons. The molecule has 0 unspecified atom stereocenters. The van der Waals surface area contributed by atoms with E-state index in [4.69, 9.17) is 11.6 Å². The Kier molecular flexibility index (Phi) is 4.34. The number of sulfone groups is 1. The van der Waals surface area contributed by atoms with Crippen LogP contribution in [-0.2, 0) is 9.84 Å². The molecule has 0 aromatic carbocycles. The predicted octanol–water partition coefficient (Wildman–Crippen LogP) is 2.25. The third-order valence-corrected chi connectivity index (χ3v) is 4.01. The van der Waals surface area contributed by atoms with Gasteiger partial charge in [0.2, 0.25) is 0 Å². The highest BCUT2D eigenvalue weighted by Gasteiger charge is 2.14. The van der Waals surface area contributed by atoms with E-state index in [-0.39, 0.29) is 10.8 Å². The second-order valence-corrected chi connectivity index (χ2v) is 6.03. The molecule has 14 heavy (non-hydrogen) atoms. The molecule has 0 aliphatic heterocycles. The molecule has 0 aliphatic carbocycles. The topological polar surface area (TPSA) is 47.0 Å². The first-order valence-electron chi connectivity index (χ1n) is 3.96. The van der Waals surface area contributed by atoms with E-state index >= 15 is 0 Å². The van der Waals surface area contributed by atoms with Gasteiger partial charge in [-0.2, -0.15) is 0 Å². The zero-order valence-electron chi connectivity index (χ0n) is 7.28. The Bertz CT molecular complexity index is 390. The molecule has 0 N–H and O–H groups in total. The Morgan fingerprint density at radius 1 is 1.43 bits per heavy atom. The van der Waals surface area contributed by atoms with Crippen LogP contribution in [0.25, 0.3) is 0 Å². The first-order chi connectivity index (χ1) is 6.56. The summed E-state index contributed by atoms with van der Waals surface area (Å²) in [5.74, 6) is 0.390. The maximum atomic E-state index is 11.6. The Labute approximate surface area is 96.5 Å². The van der Waals surface area contributed by atoms with Crippen LogP contribution >= 0.6 is 27.5 Å². The molecule has 0 aliphatic rings. The van der Waals surface area contributed by atoms with Gasteiger partial charge in [-0.3, -0.25) is 0 Å². The fourth-order valence-electron chi connectivity index (χ4n) is 0.895. The molecule has 1 heterocycles. The molecule has 6 heteroatoms. The van der Waals surface area contributed by atoms with E-state index in [1.807, 2.05) is 0 Å². The summed E-state index contributed by atoms with van der Waals surface area (Å²) in [5, 5.41) is 0.103. The van der Waals surface area contributed by atoms with Crippen LogP contribution in [0.4, 0.5) is 0 Å². The van der Waals surface area contributed by atoms with Crippen LogP contribution in [0.2, 0.25) is 0 Å². The van der Waals surface area contributed by atoms with Crippen molar-refractivity contribution in [3.63, 3.8) is 0 Å². The van der Waals surface area contributed by atoms with Crippen LogP contribution in [0.3, 0.4) is 0 Å². The average molecular weight is 299 g/mol. The van der Waals surface area contributed by atoms with Crippen molar-refractivity contribution in [1.29, 1.82) is 0 Å². The van der Waals surface area contributed by atoms with Crippen molar-refractivity contribution in [1.82, 2.24) is 4.98 Å². The summed E-state index contributed by atoms with van der Waals surface area (Å²) in [5.41, 5.74) is 0. The fourth-order valence-corrected chi connectivity index (χ4v) is 2.64. The number of pyridine rings is 1. The van der Waals surface area contributed by atoms with Crippen molar-refractivity contribution in [2.75, 3.05) is 11.6 Å². The van der Waals surface area contributed by atoms with Crippen molar-refractivity contribution >= 4 is 37.4 Å². The molecule has 1 rings (SSSR count). The van der Waals surface area contributed by atoms with Crippen molar-refractivity contribution in [3.8, 4) is 0 Å². The van der Waals surface area contributed by atoms with Gasteiger partial charge in [0, 0.05) is 16.5 Å². The lowest BCUT2D eigenvalue weighted by atomic mass is 10.5. The standard InChI is InChI=1S/C8H9BrClNO2S/c9-7-2-3-8(11-6-7)14(12,13)5-1-4-10/h2-3,6H,1,4-5H2. The molecule has 3 nitrogen and oxygen atoms in total. The average Bonchev–Trinajstić information content (AvgIpc) is 2.16. The van der Waals surface area contributed by atoms with E-state index in [0.29, 0.717) is 12.3 Å². The van der Waals surface area contributed by atoms with E-state index < -0.39 is 9.84 Å². The second kappa shape index (κ2) is 5.09. The molecular weight excluding hydrogens is 290 g/mol. The molecular formula is C8H9BrClNO2S. The molecule has 0 amide bonds. The third kappa shape index (κ3) is 3.22. The highest BCUT2D eigenvalue weighted by Crippen LogP contribution is 2.13. The first-order valence-corrected chi connectivity index (χ1v) is 6.94. The zero-order chi connectivity index (χ0) is 10.6. The van der Waals surface area contributed by atoms with Crippen molar-refractivity contribution < 1.29 is 8.42 Å². The van der Waals surface area contributed by atoms with Crippen molar-refractivity contribution in [2.45, 2.75) is 11.4 Å². The van der Waals surface area contributed by atoms with E-state index in [9.17, 15) is 8.42 Å². The smallest absolute Gasteiger partial charge is 0.195 e. The minimum absolute atomic E-state index is 0.0468. The molecule has 0 saturated carbocycles. The maximum Gasteiger partial charge on any atom is 0.195 e. The second-order valence-electron chi connectivity index (χ2n) is 2.68. The molecule has 1 aromatic heterocycles. The van der Waals surface area contributed by atoms with Gasteiger partial charge in [-0.05, 0) is 34.5 Å². The number of rotatable bonds is 4. The van der Waals surface area contributed by atoms with Crippen LogP contribution in [-0.4, -0.2) is 25.0 Å². The minimum atomic E-state index is -3.26. The Hall–Kier alpha value is -0.130. The Morgan fingerprint density at radius 3 is 2.64 bits per heavy atom. The molecule has 0 fully saturated rings. The minimum Gasteiger partial charge on any atom is -0.244 e. The SMILES string of the molecule is O=S(=O)(CCCCl)c1ccc(Br)cn1. The van der Waals surface area contributed by atoms with E-state index in [0.717, 1.165) is 4.47 Å². The summed E-state index contributed by atoms with van der Waals surface area (Å²) in [6.45, 7) is 0. The van der Waals surface area contributed by atoms with Gasteiger partial charge in [0.15, 0.2) is 14.9 Å². The van der Waals surface area contributed by atoms with Crippen molar-refractivity contribution in [3.05, 3.63) is 22.8 Å². The summed E-state index contributed by atoms with van der Waals surface area (Å²) in [7, 11) is -3.26. The molecule has 0 bridgehead atoms. The lowest BCUT2D eigenvalue weighted by molar-refractivity contribution is 0.591. The number of alkyl halides is 1. The van der Waals surface area contributed by atoms with Gasteiger partial charge < -0.3 is 0 Å². The van der Waals surface area contributed by atoms with Gasteiger partial charge in [0.25, 0.3) is 0 Å². The number of aromatic nitrogens is 1. The Balaban J connectivity index is 2.87. The molecule has 78 valence electrons. The van der Waals surface area contributed by atoms with Crippen LogP contribution in [0, 0.1) is 0 Å². The summed E-state index contributed by atoms with van der Waals surface area (Å²) in [4.78, 5) is 3.82. The van der Waals surface area contributed by atoms with E-state index in [1.54, 1.807) is 6.07 Å². The zero-order valence-corrected chi connectivity index (χ0v) is 10.4. The molecule has 1 aromatic rings. The van der Waals surface area contributed by atoms with Gasteiger partial charge >= 0.3 is 0 Å². The highest BCUT2D eigenvalue weighted by atomic mass is 79.9. The van der Waals surface area contributed by atoms with Crippen LogP contribution in [0.15, 0.2) is 27.8 Å². The number of halogens is 2. The number of hydrogen-bond donors (Lipinski definition) is 0. The van der Waals surface area contributed by atoms with Gasteiger partial charge in [-0.1, -0.05) is 0 Å². The summed E-state index contributed by atoms with van der Waals surface area (Å²) >= 11 is 8.61. The van der Waals surface area contributed by atoms with Gasteiger partial charge in [-0.25, -0.2) is 13.4 Å². The lowest BCUT2D eigenvalue weighted by Crippen LogP contribution is -2.08. The van der Waals surface area contributed by atoms with Crippen molar-refractivity contribution in [2.24, 2.45) is 0 Å². The Morgan fingerprint density at radius 2 is 2.14 bits per heavy atom. The maximum absolute atomic E-state index is 11.6. The van der Waals surface area contributed by atoms with Crippen LogP contribution in [0.1, 0.15) is 6.42 Å².